The topological polar surface area (TPSA) is 0 Å². The molecule has 0 rings (SSSR count). The first-order chi connectivity index (χ1) is 3.91. The van der Waals surface area contributed by atoms with Crippen molar-refractivity contribution in [1.29, 1.82) is 0 Å². The normalized spacial score (nSPS) is 7.75. The Bertz CT molecular complexity index is 81.9. The van der Waals surface area contributed by atoms with Crippen molar-refractivity contribution in [2.24, 2.45) is 0 Å². The van der Waals surface area contributed by atoms with E-state index < -0.39 is 0 Å². The van der Waals surface area contributed by atoms with Crippen molar-refractivity contribution < 1.29 is 0 Å². The second kappa shape index (κ2) is 6.56. The fraction of sp³-hybridized carbons (Fsp3) is 0.625. The maximum absolute atomic E-state index is 3.42. The fourth-order valence-corrected chi connectivity index (χ4v) is 0.552. The van der Waals surface area contributed by atoms with E-state index in [4.69, 9.17) is 0 Å². The number of hydrogen-bond acceptors (Lipinski definition) is 0. The lowest BCUT2D eigenvalue weighted by Crippen LogP contribution is -1.69. The molecule has 0 aromatic heterocycles. The quantitative estimate of drug-likeness (QED) is 0.385. The molecule has 0 heteroatoms. The van der Waals surface area contributed by atoms with Crippen molar-refractivity contribution in [2.75, 3.05) is 0 Å². The summed E-state index contributed by atoms with van der Waals surface area (Å²) in [5.74, 6) is 5.55. The minimum Gasteiger partial charge on any atom is -0.103 e. The predicted octanol–water partition coefficient (Wildman–Crippen LogP) is 2.40. The fourth-order valence-electron chi connectivity index (χ4n) is 0.552. The molecule has 0 aromatic carbocycles. The number of rotatable bonds is 3. The highest BCUT2D eigenvalue weighted by molar-refractivity contribution is 5.00. The van der Waals surface area contributed by atoms with Crippen LogP contribution in [0.5, 0.6) is 0 Å². The number of unbranched alkanes of at least 4 members (excludes halogenated alkanes) is 3. The van der Waals surface area contributed by atoms with Crippen LogP contribution in [0.15, 0.2) is 0 Å². The van der Waals surface area contributed by atoms with Gasteiger partial charge in [-0.25, -0.2) is 0 Å². The molecule has 0 fully saturated rings. The third-order valence-electron chi connectivity index (χ3n) is 1.03. The zero-order chi connectivity index (χ0) is 6.24. The van der Waals surface area contributed by atoms with E-state index in [1.54, 1.807) is 0 Å². The van der Waals surface area contributed by atoms with E-state index in [1.165, 1.54) is 19.3 Å². The van der Waals surface area contributed by atoms with Crippen molar-refractivity contribution in [3.8, 4) is 11.8 Å². The van der Waals surface area contributed by atoms with Gasteiger partial charge in [0.2, 0.25) is 0 Å². The largest absolute Gasteiger partial charge is 0.103 e. The van der Waals surface area contributed by atoms with Crippen molar-refractivity contribution >= 4 is 0 Å². The first-order valence-electron chi connectivity index (χ1n) is 3.16. The van der Waals surface area contributed by atoms with E-state index in [0.29, 0.717) is 0 Å². The molecule has 0 N–H and O–H groups in total. The van der Waals surface area contributed by atoms with Gasteiger partial charge in [-0.15, -0.1) is 11.8 Å². The Morgan fingerprint density at radius 3 is 2.62 bits per heavy atom. The van der Waals surface area contributed by atoms with Crippen molar-refractivity contribution in [1.82, 2.24) is 0 Å². The Balaban J connectivity index is 2.79. The van der Waals surface area contributed by atoms with Crippen LogP contribution in [0.4, 0.5) is 0 Å². The van der Waals surface area contributed by atoms with E-state index in [0.717, 1.165) is 6.42 Å². The van der Waals surface area contributed by atoms with Gasteiger partial charge < -0.3 is 0 Å². The van der Waals surface area contributed by atoms with Crippen LogP contribution in [-0.4, -0.2) is 0 Å². The van der Waals surface area contributed by atoms with Gasteiger partial charge in [0.15, 0.2) is 0 Å². The molecule has 0 amide bonds. The molecule has 0 unspecified atom stereocenters. The maximum Gasteiger partial charge on any atom is 0.0198 e. The predicted molar refractivity (Wildman–Crippen MR) is 37.3 cm³/mol. The summed E-state index contributed by atoms with van der Waals surface area (Å²) in [4.78, 5) is 0. The first-order valence-corrected chi connectivity index (χ1v) is 3.16. The third-order valence-corrected chi connectivity index (χ3v) is 1.03. The zero-order valence-corrected chi connectivity index (χ0v) is 5.54. The van der Waals surface area contributed by atoms with E-state index in [2.05, 4.69) is 25.7 Å². The summed E-state index contributed by atoms with van der Waals surface area (Å²) in [5.41, 5.74) is 0. The molecule has 0 spiro atoms. The summed E-state index contributed by atoms with van der Waals surface area (Å²) < 4.78 is 0. The van der Waals surface area contributed by atoms with Crippen LogP contribution in [0.3, 0.4) is 0 Å². The SMILES string of the molecule is [CH2]C#CCCCCC. The molecule has 0 aliphatic heterocycles. The standard InChI is InChI=1S/C8H13/c1-3-5-7-8-6-4-2/h1,4,6-8H2,2H3. The Hall–Kier alpha value is -0.440. The molecule has 1 radical (unpaired) electrons. The van der Waals surface area contributed by atoms with Crippen molar-refractivity contribution in [3.63, 3.8) is 0 Å². The Morgan fingerprint density at radius 1 is 1.38 bits per heavy atom. The van der Waals surface area contributed by atoms with Crippen LogP contribution in [0.2, 0.25) is 0 Å². The molecule has 0 aliphatic carbocycles. The summed E-state index contributed by atoms with van der Waals surface area (Å²) >= 11 is 0. The average Bonchev–Trinajstić information content (AvgIpc) is 1.81. The van der Waals surface area contributed by atoms with Gasteiger partial charge in [-0.3, -0.25) is 0 Å². The molecular formula is C8H13. The van der Waals surface area contributed by atoms with Gasteiger partial charge in [0.05, 0.1) is 0 Å². The van der Waals surface area contributed by atoms with E-state index in [1.807, 2.05) is 0 Å². The van der Waals surface area contributed by atoms with Crippen LogP contribution >= 0.6 is 0 Å². The zero-order valence-electron chi connectivity index (χ0n) is 5.54. The highest BCUT2D eigenvalue weighted by Gasteiger charge is 1.78. The Kier molecular flexibility index (Phi) is 6.20. The minimum atomic E-state index is 1.03. The molecule has 0 bridgehead atoms. The molecular weight excluding hydrogens is 96.1 g/mol. The third kappa shape index (κ3) is 5.56. The molecule has 0 nitrogen and oxygen atoms in total. The van der Waals surface area contributed by atoms with Crippen LogP contribution in [-0.2, 0) is 0 Å². The van der Waals surface area contributed by atoms with Crippen LogP contribution in [0.25, 0.3) is 0 Å². The van der Waals surface area contributed by atoms with Gasteiger partial charge in [-0.05, 0) is 6.42 Å². The molecule has 0 aliphatic rings. The van der Waals surface area contributed by atoms with Crippen LogP contribution in [0.1, 0.15) is 32.6 Å². The van der Waals surface area contributed by atoms with Gasteiger partial charge in [0.1, 0.15) is 0 Å². The van der Waals surface area contributed by atoms with Gasteiger partial charge in [-0.1, -0.05) is 19.8 Å². The smallest absolute Gasteiger partial charge is 0.0198 e. The summed E-state index contributed by atoms with van der Waals surface area (Å²) in [7, 11) is 0. The minimum absolute atomic E-state index is 1.03. The van der Waals surface area contributed by atoms with Gasteiger partial charge in [-0.2, -0.15) is 0 Å². The molecule has 0 aromatic rings. The summed E-state index contributed by atoms with van der Waals surface area (Å²) in [6.07, 6.45) is 4.84. The van der Waals surface area contributed by atoms with Crippen LogP contribution in [0, 0.1) is 18.8 Å². The monoisotopic (exact) mass is 109 g/mol. The Morgan fingerprint density at radius 2 is 2.12 bits per heavy atom. The lowest BCUT2D eigenvalue weighted by molar-refractivity contribution is 0.737. The summed E-state index contributed by atoms with van der Waals surface area (Å²) in [5, 5.41) is 0. The van der Waals surface area contributed by atoms with Crippen LogP contribution < -0.4 is 0 Å². The molecule has 45 valence electrons. The average molecular weight is 109 g/mol. The second-order valence-corrected chi connectivity index (χ2v) is 1.81. The van der Waals surface area contributed by atoms with Crippen molar-refractivity contribution in [2.45, 2.75) is 32.6 Å². The summed E-state index contributed by atoms with van der Waals surface area (Å²) in [6, 6.07) is 0. The molecule has 0 heterocycles. The highest BCUT2D eigenvalue weighted by Crippen LogP contribution is 1.95. The van der Waals surface area contributed by atoms with Gasteiger partial charge in [0.25, 0.3) is 0 Å². The second-order valence-electron chi connectivity index (χ2n) is 1.81. The Labute approximate surface area is 52.3 Å². The number of hydrogen-bond donors (Lipinski definition) is 0. The lowest BCUT2D eigenvalue weighted by atomic mass is 10.2. The molecule has 8 heavy (non-hydrogen) atoms. The molecule has 0 saturated carbocycles. The first kappa shape index (κ1) is 7.56. The molecule has 0 atom stereocenters. The molecule has 0 saturated heterocycles. The van der Waals surface area contributed by atoms with Gasteiger partial charge >= 0.3 is 0 Å². The van der Waals surface area contributed by atoms with Crippen molar-refractivity contribution in [3.05, 3.63) is 6.92 Å². The van der Waals surface area contributed by atoms with E-state index >= 15 is 0 Å². The van der Waals surface area contributed by atoms with Gasteiger partial charge in [0, 0.05) is 13.3 Å². The van der Waals surface area contributed by atoms with E-state index in [9.17, 15) is 0 Å². The lowest BCUT2D eigenvalue weighted by Gasteiger charge is -1.86. The highest BCUT2D eigenvalue weighted by atomic mass is 13.8. The summed E-state index contributed by atoms with van der Waals surface area (Å²) in [6.45, 7) is 5.61. The van der Waals surface area contributed by atoms with E-state index in [-0.39, 0.29) is 0 Å². The maximum atomic E-state index is 3.42.